The smallest absolute Gasteiger partial charge is 0.235 e. The van der Waals surface area contributed by atoms with Gasteiger partial charge in [0.15, 0.2) is 5.82 Å². The molecule has 0 spiro atoms. The Bertz CT molecular complexity index is 757. The quantitative estimate of drug-likeness (QED) is 0.554. The lowest BCUT2D eigenvalue weighted by Gasteiger charge is -2.33. The summed E-state index contributed by atoms with van der Waals surface area (Å²) in [5, 5.41) is 9.42. The molecular weight excluding hydrogens is 418 g/mol. The maximum atomic E-state index is 12.5. The average Bonchev–Trinajstić information content (AvgIpc) is 3.09. The summed E-state index contributed by atoms with van der Waals surface area (Å²) < 4.78 is 4.90. The largest absolute Gasteiger partial charge is 0.360 e. The predicted octanol–water partition coefficient (Wildman–Crippen LogP) is 1.60. The normalized spacial score (nSPS) is 15.2. The van der Waals surface area contributed by atoms with Gasteiger partial charge in [0.1, 0.15) is 5.76 Å². The van der Waals surface area contributed by atoms with Crippen LogP contribution >= 0.6 is 11.8 Å². The first-order valence-electron chi connectivity index (χ1n) is 10.6. The van der Waals surface area contributed by atoms with E-state index in [1.54, 1.807) is 17.9 Å². The van der Waals surface area contributed by atoms with E-state index in [-0.39, 0.29) is 40.6 Å². The number of hydrogen-bond acceptors (Lipinski definition) is 7. The van der Waals surface area contributed by atoms with Crippen molar-refractivity contribution >= 4 is 35.3 Å². The monoisotopic (exact) mass is 453 g/mol. The van der Waals surface area contributed by atoms with Crippen LogP contribution in [0.2, 0.25) is 0 Å². The third kappa shape index (κ3) is 8.90. The van der Waals surface area contributed by atoms with Crippen LogP contribution in [-0.4, -0.2) is 84.5 Å². The van der Waals surface area contributed by atoms with Crippen molar-refractivity contribution in [1.82, 2.24) is 20.3 Å². The molecule has 9 nitrogen and oxygen atoms in total. The Morgan fingerprint density at radius 1 is 1.26 bits per heavy atom. The van der Waals surface area contributed by atoms with Gasteiger partial charge in [0.05, 0.1) is 11.5 Å². The van der Waals surface area contributed by atoms with Gasteiger partial charge in [-0.05, 0) is 39.3 Å². The third-order valence-electron chi connectivity index (χ3n) is 5.06. The second kappa shape index (κ2) is 11.5. The van der Waals surface area contributed by atoms with Crippen molar-refractivity contribution in [2.75, 3.05) is 57.1 Å². The molecule has 0 radical (unpaired) electrons. The van der Waals surface area contributed by atoms with Crippen molar-refractivity contribution < 1.29 is 18.9 Å². The van der Waals surface area contributed by atoms with Gasteiger partial charge in [-0.2, -0.15) is 0 Å². The van der Waals surface area contributed by atoms with E-state index >= 15 is 0 Å². The van der Waals surface area contributed by atoms with Crippen LogP contribution in [-0.2, 0) is 14.4 Å². The van der Waals surface area contributed by atoms with Gasteiger partial charge < -0.3 is 25.0 Å². The first kappa shape index (κ1) is 25.2. The molecule has 0 aliphatic carbocycles. The Hall–Kier alpha value is -2.07. The van der Waals surface area contributed by atoms with Gasteiger partial charge in [0.25, 0.3) is 0 Å². The molecule has 1 aromatic rings. The standard InChI is InChI=1S/C21H35N5O4S/c1-15-10-17(24-30-15)23-18(27)11-31-12-19(28)26-8-6-16(7-9-26)20(29)22-13-21(2,3)14-25(4)5/h10,16H,6-9,11-14H2,1-5H3,(H,22,29)(H,23,24,27). The topological polar surface area (TPSA) is 108 Å². The molecule has 0 bridgehead atoms. The Kier molecular flexibility index (Phi) is 9.36. The molecule has 174 valence electrons. The molecule has 0 aromatic carbocycles. The van der Waals surface area contributed by atoms with E-state index in [9.17, 15) is 14.4 Å². The van der Waals surface area contributed by atoms with Gasteiger partial charge in [0.2, 0.25) is 17.7 Å². The Morgan fingerprint density at radius 2 is 1.94 bits per heavy atom. The minimum atomic E-state index is -0.223. The second-order valence-corrected chi connectivity index (χ2v) is 10.1. The second-order valence-electron chi connectivity index (χ2n) is 9.14. The summed E-state index contributed by atoms with van der Waals surface area (Å²) in [6, 6.07) is 1.64. The van der Waals surface area contributed by atoms with Crippen LogP contribution in [0.4, 0.5) is 5.82 Å². The number of rotatable bonds is 10. The number of nitrogens with one attached hydrogen (secondary N) is 2. The lowest BCUT2D eigenvalue weighted by Crippen LogP contribution is -2.46. The molecule has 2 rings (SSSR count). The SMILES string of the molecule is Cc1cc(NC(=O)CSCC(=O)N2CCC(C(=O)NCC(C)(C)CN(C)C)CC2)no1. The van der Waals surface area contributed by atoms with Crippen LogP contribution < -0.4 is 10.6 Å². The number of aromatic nitrogens is 1. The molecule has 1 fully saturated rings. The van der Waals surface area contributed by atoms with Crippen LogP contribution in [0, 0.1) is 18.3 Å². The number of likely N-dealkylation sites (tertiary alicyclic amines) is 1. The van der Waals surface area contributed by atoms with E-state index in [1.807, 2.05) is 14.1 Å². The van der Waals surface area contributed by atoms with Gasteiger partial charge in [0, 0.05) is 38.2 Å². The zero-order valence-corrected chi connectivity index (χ0v) is 20.0. The summed E-state index contributed by atoms with van der Waals surface area (Å²) in [4.78, 5) is 40.7. The van der Waals surface area contributed by atoms with Crippen molar-refractivity contribution in [2.24, 2.45) is 11.3 Å². The van der Waals surface area contributed by atoms with E-state index in [0.717, 1.165) is 6.54 Å². The molecule has 1 aliphatic heterocycles. The fraction of sp³-hybridized carbons (Fsp3) is 0.714. The van der Waals surface area contributed by atoms with Crippen molar-refractivity contribution in [3.8, 4) is 0 Å². The number of aryl methyl sites for hydroxylation is 1. The van der Waals surface area contributed by atoms with Crippen LogP contribution in [0.25, 0.3) is 0 Å². The summed E-state index contributed by atoms with van der Waals surface area (Å²) in [6.07, 6.45) is 1.34. The minimum Gasteiger partial charge on any atom is -0.360 e. The number of anilines is 1. The zero-order chi connectivity index (χ0) is 23.0. The molecular formula is C21H35N5O4S. The maximum absolute atomic E-state index is 12.5. The first-order valence-corrected chi connectivity index (χ1v) is 11.7. The minimum absolute atomic E-state index is 0.000977. The van der Waals surface area contributed by atoms with Crippen LogP contribution in [0.5, 0.6) is 0 Å². The molecule has 2 heterocycles. The van der Waals surface area contributed by atoms with E-state index in [4.69, 9.17) is 4.52 Å². The Morgan fingerprint density at radius 3 is 2.52 bits per heavy atom. The highest BCUT2D eigenvalue weighted by Gasteiger charge is 2.28. The van der Waals surface area contributed by atoms with Crippen LogP contribution in [0.1, 0.15) is 32.4 Å². The van der Waals surface area contributed by atoms with Gasteiger partial charge in [-0.25, -0.2) is 0 Å². The molecule has 0 atom stereocenters. The molecule has 1 saturated heterocycles. The number of hydrogen-bond donors (Lipinski definition) is 2. The average molecular weight is 454 g/mol. The number of thioether (sulfide) groups is 1. The fourth-order valence-corrected chi connectivity index (χ4v) is 4.42. The molecule has 31 heavy (non-hydrogen) atoms. The summed E-state index contributed by atoms with van der Waals surface area (Å²) in [5.74, 6) is 1.20. The Labute approximate surface area is 188 Å². The Balaban J connectivity index is 1.64. The first-order chi connectivity index (χ1) is 14.6. The van der Waals surface area contributed by atoms with Crippen molar-refractivity contribution in [2.45, 2.75) is 33.6 Å². The number of amides is 3. The molecule has 1 aliphatic rings. The van der Waals surface area contributed by atoms with E-state index in [2.05, 4.69) is 34.5 Å². The highest BCUT2D eigenvalue weighted by atomic mass is 32.2. The molecule has 0 unspecified atom stereocenters. The van der Waals surface area contributed by atoms with Gasteiger partial charge >= 0.3 is 0 Å². The van der Waals surface area contributed by atoms with E-state index < -0.39 is 0 Å². The van der Waals surface area contributed by atoms with Crippen LogP contribution in [0.15, 0.2) is 10.6 Å². The molecule has 2 N–H and O–H groups in total. The van der Waals surface area contributed by atoms with Crippen LogP contribution in [0.3, 0.4) is 0 Å². The number of piperidine rings is 1. The number of nitrogens with zero attached hydrogens (tertiary/aromatic N) is 3. The lowest BCUT2D eigenvalue weighted by atomic mass is 9.91. The third-order valence-corrected chi connectivity index (χ3v) is 5.98. The van der Waals surface area contributed by atoms with E-state index in [0.29, 0.717) is 44.1 Å². The summed E-state index contributed by atoms with van der Waals surface area (Å²) in [7, 11) is 4.05. The summed E-state index contributed by atoms with van der Waals surface area (Å²) in [5.41, 5.74) is 0.00580. The summed E-state index contributed by atoms with van der Waals surface area (Å²) >= 11 is 1.27. The molecule has 10 heteroatoms. The molecule has 0 saturated carbocycles. The highest BCUT2D eigenvalue weighted by molar-refractivity contribution is 8.00. The van der Waals surface area contributed by atoms with Crippen molar-refractivity contribution in [1.29, 1.82) is 0 Å². The maximum Gasteiger partial charge on any atom is 0.235 e. The number of carbonyl (C=O) groups is 3. The molecule has 1 aromatic heterocycles. The van der Waals surface area contributed by atoms with Crippen molar-refractivity contribution in [3.63, 3.8) is 0 Å². The lowest BCUT2D eigenvalue weighted by molar-refractivity contribution is -0.133. The zero-order valence-electron chi connectivity index (χ0n) is 19.2. The van der Waals surface area contributed by atoms with E-state index in [1.165, 1.54) is 11.8 Å². The van der Waals surface area contributed by atoms with Gasteiger partial charge in [-0.3, -0.25) is 14.4 Å². The van der Waals surface area contributed by atoms with Gasteiger partial charge in [-0.15, -0.1) is 11.8 Å². The highest BCUT2D eigenvalue weighted by Crippen LogP contribution is 2.20. The summed E-state index contributed by atoms with van der Waals surface area (Å²) in [6.45, 7) is 8.70. The molecule has 3 amide bonds. The predicted molar refractivity (Wildman–Crippen MR) is 122 cm³/mol. The van der Waals surface area contributed by atoms with Gasteiger partial charge in [-0.1, -0.05) is 19.0 Å². The fourth-order valence-electron chi connectivity index (χ4n) is 3.70. The van der Waals surface area contributed by atoms with Crippen molar-refractivity contribution in [3.05, 3.63) is 11.8 Å². The number of carbonyl (C=O) groups excluding carboxylic acids is 3.